The Bertz CT molecular complexity index is 766. The third-order valence-electron chi connectivity index (χ3n) is 3.92. The number of benzene rings is 2. The van der Waals surface area contributed by atoms with Gasteiger partial charge in [0.05, 0.1) is 0 Å². The highest BCUT2D eigenvalue weighted by Gasteiger charge is 2.61. The number of rotatable bonds is 1. The molecule has 1 heterocycles. The van der Waals surface area contributed by atoms with E-state index in [1.807, 2.05) is 42.5 Å². The predicted octanol–water partition coefficient (Wildman–Crippen LogP) is 4.33. The van der Waals surface area contributed by atoms with Crippen molar-refractivity contribution in [2.75, 3.05) is 0 Å². The van der Waals surface area contributed by atoms with Gasteiger partial charge in [-0.2, -0.15) is 0 Å². The minimum absolute atomic E-state index is 0.557. The van der Waals surface area contributed by atoms with Crippen molar-refractivity contribution in [2.24, 2.45) is 4.99 Å². The molecule has 1 aliphatic heterocycles. The van der Waals surface area contributed by atoms with E-state index in [4.69, 9.17) is 11.6 Å². The van der Waals surface area contributed by atoms with Crippen molar-refractivity contribution in [1.82, 2.24) is 0 Å². The molecule has 0 bridgehead atoms. The molecular weight excluding hydrogens is 370 g/mol. The van der Waals surface area contributed by atoms with Crippen LogP contribution >= 0.6 is 39.3 Å². The van der Waals surface area contributed by atoms with Crippen molar-refractivity contribution in [3.8, 4) is 0 Å². The third kappa shape index (κ3) is 1.93. The van der Waals surface area contributed by atoms with Gasteiger partial charge in [-0.1, -0.05) is 75.7 Å². The van der Waals surface area contributed by atoms with E-state index in [0.717, 1.165) is 21.7 Å². The van der Waals surface area contributed by atoms with Crippen LogP contribution in [-0.4, -0.2) is 13.8 Å². The lowest BCUT2D eigenvalue weighted by Gasteiger charge is -2.27. The molecule has 2 unspecified atom stereocenters. The number of hydrogen-bond donors (Lipinski definition) is 1. The smallest absolute Gasteiger partial charge is 0.209 e. The third-order valence-corrected chi connectivity index (χ3v) is 6.75. The van der Waals surface area contributed by atoms with Crippen LogP contribution in [0.4, 0.5) is 0 Å². The number of halogens is 2. The SMILES string of the molecule is OC12N=C(c3ccccc3)SC1(Br)Cc1cc(Cl)ccc12. The quantitative estimate of drug-likeness (QED) is 0.747. The maximum Gasteiger partial charge on any atom is 0.209 e. The summed E-state index contributed by atoms with van der Waals surface area (Å²) in [6.07, 6.45) is 0.684. The number of thioether (sulfide) groups is 1. The molecule has 106 valence electrons. The van der Waals surface area contributed by atoms with E-state index in [1.54, 1.807) is 17.8 Å². The highest BCUT2D eigenvalue weighted by atomic mass is 79.9. The molecule has 21 heavy (non-hydrogen) atoms. The molecule has 2 nitrogen and oxygen atoms in total. The van der Waals surface area contributed by atoms with Crippen LogP contribution in [0.1, 0.15) is 16.7 Å². The van der Waals surface area contributed by atoms with E-state index in [2.05, 4.69) is 20.9 Å². The highest BCUT2D eigenvalue weighted by molar-refractivity contribution is 9.12. The second-order valence-corrected chi connectivity index (χ2v) is 8.87. The van der Waals surface area contributed by atoms with Gasteiger partial charge < -0.3 is 5.11 Å². The molecule has 2 atom stereocenters. The van der Waals surface area contributed by atoms with Crippen LogP contribution in [0.3, 0.4) is 0 Å². The molecule has 1 aliphatic carbocycles. The van der Waals surface area contributed by atoms with Gasteiger partial charge in [-0.05, 0) is 17.7 Å². The van der Waals surface area contributed by atoms with Crippen molar-refractivity contribution >= 4 is 44.3 Å². The van der Waals surface area contributed by atoms with Gasteiger partial charge in [0.15, 0.2) is 0 Å². The lowest BCUT2D eigenvalue weighted by molar-refractivity contribution is 0.0503. The van der Waals surface area contributed by atoms with E-state index in [1.165, 1.54) is 0 Å². The first-order chi connectivity index (χ1) is 10.0. The molecule has 0 fully saturated rings. The zero-order chi connectivity index (χ0) is 14.7. The van der Waals surface area contributed by atoms with E-state index >= 15 is 0 Å². The first-order valence-electron chi connectivity index (χ1n) is 6.56. The maximum atomic E-state index is 11.2. The normalized spacial score (nSPS) is 30.0. The largest absolute Gasteiger partial charge is 0.364 e. The van der Waals surface area contributed by atoms with Crippen molar-refractivity contribution in [1.29, 1.82) is 0 Å². The highest BCUT2D eigenvalue weighted by Crippen LogP contribution is 2.61. The van der Waals surface area contributed by atoms with E-state index in [0.29, 0.717) is 11.4 Å². The molecule has 0 spiro atoms. The summed E-state index contributed by atoms with van der Waals surface area (Å²) in [5, 5.41) is 12.7. The summed E-state index contributed by atoms with van der Waals surface area (Å²) < 4.78 is -0.557. The Morgan fingerprint density at radius 3 is 2.71 bits per heavy atom. The van der Waals surface area contributed by atoms with Crippen molar-refractivity contribution in [3.63, 3.8) is 0 Å². The molecule has 0 saturated carbocycles. The number of fused-ring (bicyclic) bond motifs is 3. The van der Waals surface area contributed by atoms with Gasteiger partial charge >= 0.3 is 0 Å². The zero-order valence-corrected chi connectivity index (χ0v) is 14.0. The van der Waals surface area contributed by atoms with Gasteiger partial charge in [-0.15, -0.1) is 0 Å². The number of alkyl halides is 1. The fourth-order valence-electron chi connectivity index (χ4n) is 2.90. The fraction of sp³-hybridized carbons (Fsp3) is 0.188. The molecule has 1 N–H and O–H groups in total. The van der Waals surface area contributed by atoms with Crippen LogP contribution in [0, 0.1) is 0 Å². The number of aliphatic imine (C=N–C) groups is 1. The van der Waals surface area contributed by atoms with Gasteiger partial charge in [0.25, 0.3) is 0 Å². The van der Waals surface area contributed by atoms with Crippen molar-refractivity contribution < 1.29 is 5.11 Å². The zero-order valence-electron chi connectivity index (χ0n) is 10.9. The van der Waals surface area contributed by atoms with Gasteiger partial charge in [-0.25, -0.2) is 4.99 Å². The van der Waals surface area contributed by atoms with Crippen molar-refractivity contribution in [3.05, 3.63) is 70.2 Å². The molecule has 4 rings (SSSR count). The van der Waals surface area contributed by atoms with Crippen LogP contribution in [0.15, 0.2) is 53.5 Å². The van der Waals surface area contributed by atoms with E-state index < -0.39 is 9.38 Å². The second kappa shape index (κ2) is 4.59. The van der Waals surface area contributed by atoms with Crippen molar-refractivity contribution in [2.45, 2.75) is 15.8 Å². The molecule has 2 aromatic rings. The van der Waals surface area contributed by atoms with Gasteiger partial charge in [0.1, 0.15) is 8.70 Å². The van der Waals surface area contributed by atoms with Gasteiger partial charge in [-0.3, -0.25) is 0 Å². The Balaban J connectivity index is 1.86. The Labute approximate surface area is 140 Å². The molecule has 2 aliphatic rings. The maximum absolute atomic E-state index is 11.2. The average Bonchev–Trinajstić information content (AvgIpc) is 2.83. The first-order valence-corrected chi connectivity index (χ1v) is 8.55. The van der Waals surface area contributed by atoms with Crippen LogP contribution in [0.25, 0.3) is 0 Å². The first kappa shape index (κ1) is 13.8. The molecule has 0 radical (unpaired) electrons. The number of nitrogens with zero attached hydrogens (tertiary/aromatic N) is 1. The van der Waals surface area contributed by atoms with E-state index in [-0.39, 0.29) is 0 Å². The Hall–Kier alpha value is -0.810. The summed E-state index contributed by atoms with van der Waals surface area (Å²) in [6, 6.07) is 15.5. The summed E-state index contributed by atoms with van der Waals surface area (Å²) in [7, 11) is 0. The topological polar surface area (TPSA) is 32.6 Å². The Morgan fingerprint density at radius 1 is 1.19 bits per heavy atom. The molecule has 0 aromatic heterocycles. The predicted molar refractivity (Wildman–Crippen MR) is 91.3 cm³/mol. The van der Waals surface area contributed by atoms with Gasteiger partial charge in [0.2, 0.25) is 5.72 Å². The summed E-state index contributed by atoms with van der Waals surface area (Å²) >= 11 is 11.4. The number of aliphatic hydroxyl groups is 1. The van der Waals surface area contributed by atoms with E-state index in [9.17, 15) is 5.11 Å². The molecule has 0 amide bonds. The molecule has 0 saturated heterocycles. The summed E-state index contributed by atoms with van der Waals surface area (Å²) in [5.41, 5.74) is 1.66. The lowest BCUT2D eigenvalue weighted by atomic mass is 10.1. The van der Waals surface area contributed by atoms with Crippen LogP contribution < -0.4 is 0 Å². The monoisotopic (exact) mass is 379 g/mol. The fourth-order valence-corrected chi connectivity index (χ4v) is 5.42. The average molecular weight is 381 g/mol. The molecular formula is C16H11BrClNOS. The minimum Gasteiger partial charge on any atom is -0.364 e. The van der Waals surface area contributed by atoms with Crippen LogP contribution in [0.2, 0.25) is 5.02 Å². The lowest BCUT2D eigenvalue weighted by Crippen LogP contribution is -2.36. The Morgan fingerprint density at radius 2 is 1.95 bits per heavy atom. The summed E-state index contributed by atoms with van der Waals surface area (Å²) in [6.45, 7) is 0. The number of hydrogen-bond acceptors (Lipinski definition) is 3. The van der Waals surface area contributed by atoms with Gasteiger partial charge in [0, 0.05) is 22.6 Å². The van der Waals surface area contributed by atoms with Crippen LogP contribution in [-0.2, 0) is 12.1 Å². The summed E-state index contributed by atoms with van der Waals surface area (Å²) in [5.74, 6) is 0. The molecule has 5 heteroatoms. The standard InChI is InChI=1S/C16H11BrClNOS/c17-15-9-11-8-12(18)6-7-13(11)16(15,20)19-14(21-15)10-4-2-1-3-5-10/h1-8,20H,9H2. The second-order valence-electron chi connectivity index (χ2n) is 5.26. The van der Waals surface area contributed by atoms with Crippen LogP contribution in [0.5, 0.6) is 0 Å². The molecule has 2 aromatic carbocycles. The minimum atomic E-state index is -1.25. The summed E-state index contributed by atoms with van der Waals surface area (Å²) in [4.78, 5) is 4.64. The Kier molecular flexibility index (Phi) is 3.02.